The number of aromatic nitrogens is 2. The van der Waals surface area contributed by atoms with Gasteiger partial charge in [-0.05, 0) is 47.5 Å². The molecule has 0 radical (unpaired) electrons. The quantitative estimate of drug-likeness (QED) is 0.423. The molecule has 0 aliphatic heterocycles. The fourth-order valence-electron chi connectivity index (χ4n) is 3.21. The summed E-state index contributed by atoms with van der Waals surface area (Å²) in [6.07, 6.45) is 0.591. The third-order valence-electron chi connectivity index (χ3n) is 4.83. The van der Waals surface area contributed by atoms with Gasteiger partial charge in [0, 0.05) is 12.5 Å². The maximum Gasteiger partial charge on any atom is 0.337 e. The van der Waals surface area contributed by atoms with Crippen LogP contribution in [-0.2, 0) is 17.8 Å². The summed E-state index contributed by atoms with van der Waals surface area (Å²) in [5, 5.41) is 4.12. The van der Waals surface area contributed by atoms with Gasteiger partial charge in [0.25, 0.3) is 0 Å². The third-order valence-corrected chi connectivity index (χ3v) is 4.83. The number of nitrogens with two attached hydrogens (primary N) is 2. The zero-order valence-electron chi connectivity index (χ0n) is 17.4. The molecule has 32 heavy (non-hydrogen) atoms. The summed E-state index contributed by atoms with van der Waals surface area (Å²) >= 11 is 0. The van der Waals surface area contributed by atoms with E-state index in [0.29, 0.717) is 41.6 Å². The number of nitrogens with zero attached hydrogens (tertiary/aromatic N) is 2. The number of rotatable bonds is 7. The zero-order chi connectivity index (χ0) is 22.5. The van der Waals surface area contributed by atoms with Gasteiger partial charge in [-0.1, -0.05) is 29.4 Å². The molecule has 4 N–H and O–H groups in total. The van der Waals surface area contributed by atoms with Gasteiger partial charge in [-0.3, -0.25) is 0 Å². The van der Waals surface area contributed by atoms with Crippen molar-refractivity contribution < 1.29 is 18.8 Å². The molecule has 0 saturated heterocycles. The van der Waals surface area contributed by atoms with Gasteiger partial charge in [-0.25, -0.2) is 9.78 Å². The highest BCUT2D eigenvalue weighted by molar-refractivity contribution is 5.89. The number of benzene rings is 2. The average molecular weight is 430 g/mol. The Kier molecular flexibility index (Phi) is 6.03. The fourth-order valence-corrected chi connectivity index (χ4v) is 3.21. The van der Waals surface area contributed by atoms with Gasteiger partial charge in [-0.15, -0.1) is 0 Å². The van der Waals surface area contributed by atoms with Crippen molar-refractivity contribution in [1.82, 2.24) is 10.1 Å². The summed E-state index contributed by atoms with van der Waals surface area (Å²) in [5.41, 5.74) is 15.4. The van der Waals surface area contributed by atoms with Crippen molar-refractivity contribution in [2.75, 3.05) is 18.6 Å². The van der Waals surface area contributed by atoms with Gasteiger partial charge < -0.3 is 25.5 Å². The first-order chi connectivity index (χ1) is 15.5. The lowest BCUT2D eigenvalue weighted by Crippen LogP contribution is -2.03. The molecule has 0 spiro atoms. The SMILES string of the molecule is COC(=O)c1cccc(COc2ccc(Cc3cc(-c4ccc(N)nc4N)on3)cc2)c1. The normalized spacial score (nSPS) is 10.7. The van der Waals surface area contributed by atoms with Crippen LogP contribution in [0.4, 0.5) is 11.6 Å². The molecular weight excluding hydrogens is 408 g/mol. The molecule has 4 rings (SSSR count). The van der Waals surface area contributed by atoms with E-state index in [9.17, 15) is 4.79 Å². The number of hydrogen-bond donors (Lipinski definition) is 2. The van der Waals surface area contributed by atoms with Crippen LogP contribution in [0.25, 0.3) is 11.3 Å². The summed E-state index contributed by atoms with van der Waals surface area (Å²) in [7, 11) is 1.36. The minimum absolute atomic E-state index is 0.298. The third kappa shape index (κ3) is 4.86. The minimum atomic E-state index is -0.373. The van der Waals surface area contributed by atoms with E-state index in [4.69, 9.17) is 25.5 Å². The van der Waals surface area contributed by atoms with E-state index >= 15 is 0 Å². The Bertz CT molecular complexity index is 1230. The molecular formula is C24H22N4O4. The van der Waals surface area contributed by atoms with Crippen molar-refractivity contribution in [3.8, 4) is 17.1 Å². The molecule has 0 unspecified atom stereocenters. The molecule has 0 bridgehead atoms. The lowest BCUT2D eigenvalue weighted by Gasteiger charge is -2.08. The first-order valence-electron chi connectivity index (χ1n) is 9.89. The maximum absolute atomic E-state index is 11.7. The number of anilines is 2. The van der Waals surface area contributed by atoms with E-state index < -0.39 is 0 Å². The first kappa shape index (κ1) is 20.9. The smallest absolute Gasteiger partial charge is 0.337 e. The molecule has 0 aliphatic rings. The van der Waals surface area contributed by atoms with E-state index in [1.807, 2.05) is 36.4 Å². The predicted octanol–water partition coefficient (Wildman–Crippen LogP) is 3.86. The van der Waals surface area contributed by atoms with Crippen LogP contribution < -0.4 is 16.2 Å². The zero-order valence-corrected chi connectivity index (χ0v) is 17.4. The Morgan fingerprint density at radius 3 is 2.56 bits per heavy atom. The largest absolute Gasteiger partial charge is 0.489 e. The number of ether oxygens (including phenoxy) is 2. The predicted molar refractivity (Wildman–Crippen MR) is 120 cm³/mol. The van der Waals surface area contributed by atoms with Crippen molar-refractivity contribution in [2.24, 2.45) is 0 Å². The van der Waals surface area contributed by atoms with Gasteiger partial charge in [0.15, 0.2) is 5.76 Å². The van der Waals surface area contributed by atoms with E-state index in [1.54, 1.807) is 30.3 Å². The lowest BCUT2D eigenvalue weighted by molar-refractivity contribution is 0.0600. The van der Waals surface area contributed by atoms with Crippen LogP contribution in [0.15, 0.2) is 71.3 Å². The van der Waals surface area contributed by atoms with E-state index in [0.717, 1.165) is 22.6 Å². The molecule has 8 heteroatoms. The number of carbonyl (C=O) groups is 1. The molecule has 0 fully saturated rings. The van der Waals surface area contributed by atoms with E-state index in [-0.39, 0.29) is 5.97 Å². The average Bonchev–Trinajstić information content (AvgIpc) is 3.26. The second kappa shape index (κ2) is 9.22. The van der Waals surface area contributed by atoms with Gasteiger partial charge in [0.05, 0.1) is 23.9 Å². The van der Waals surface area contributed by atoms with Crippen LogP contribution in [0.1, 0.15) is 27.2 Å². The highest BCUT2D eigenvalue weighted by atomic mass is 16.5. The van der Waals surface area contributed by atoms with Crippen LogP contribution in [0, 0.1) is 0 Å². The van der Waals surface area contributed by atoms with E-state index in [2.05, 4.69) is 10.1 Å². The Morgan fingerprint density at radius 1 is 1.00 bits per heavy atom. The number of nitrogen functional groups attached to an aromatic ring is 2. The summed E-state index contributed by atoms with van der Waals surface area (Å²) < 4.78 is 16.0. The van der Waals surface area contributed by atoms with Crippen molar-refractivity contribution in [3.63, 3.8) is 0 Å². The number of esters is 1. The highest BCUT2D eigenvalue weighted by Gasteiger charge is 2.12. The number of hydrogen-bond acceptors (Lipinski definition) is 8. The molecule has 4 aromatic rings. The molecule has 0 atom stereocenters. The van der Waals surface area contributed by atoms with Crippen molar-refractivity contribution in [1.29, 1.82) is 0 Å². The second-order valence-electron chi connectivity index (χ2n) is 7.15. The highest BCUT2D eigenvalue weighted by Crippen LogP contribution is 2.27. The van der Waals surface area contributed by atoms with Gasteiger partial charge in [-0.2, -0.15) is 0 Å². The monoisotopic (exact) mass is 430 g/mol. The molecule has 2 heterocycles. The van der Waals surface area contributed by atoms with Crippen molar-refractivity contribution >= 4 is 17.6 Å². The van der Waals surface area contributed by atoms with Crippen LogP contribution in [0.5, 0.6) is 5.75 Å². The molecule has 0 aliphatic carbocycles. The lowest BCUT2D eigenvalue weighted by atomic mass is 10.1. The summed E-state index contributed by atoms with van der Waals surface area (Å²) in [4.78, 5) is 15.7. The molecule has 2 aromatic carbocycles. The van der Waals surface area contributed by atoms with Crippen LogP contribution in [0.3, 0.4) is 0 Å². The molecule has 8 nitrogen and oxygen atoms in total. The Hall–Kier alpha value is -4.33. The maximum atomic E-state index is 11.7. The van der Waals surface area contributed by atoms with Crippen molar-refractivity contribution in [3.05, 3.63) is 89.1 Å². The van der Waals surface area contributed by atoms with Crippen LogP contribution in [-0.4, -0.2) is 23.2 Å². The van der Waals surface area contributed by atoms with Gasteiger partial charge >= 0.3 is 5.97 Å². The first-order valence-corrected chi connectivity index (χ1v) is 9.89. The minimum Gasteiger partial charge on any atom is -0.489 e. The number of carbonyl (C=O) groups excluding carboxylic acids is 1. The van der Waals surface area contributed by atoms with Crippen LogP contribution >= 0.6 is 0 Å². The number of methoxy groups -OCH3 is 1. The fraction of sp³-hybridized carbons (Fsp3) is 0.125. The Balaban J connectivity index is 1.37. The standard InChI is InChI=1S/C24H22N4O4/c1-30-24(29)17-4-2-3-16(11-17)14-31-19-7-5-15(6-8-19)12-18-13-21(32-28-18)20-9-10-22(25)27-23(20)26/h2-11,13H,12,14H2,1H3,(H4,25,26,27). The Morgan fingerprint density at radius 2 is 1.81 bits per heavy atom. The molecule has 2 aromatic heterocycles. The van der Waals surface area contributed by atoms with Gasteiger partial charge in [0.2, 0.25) is 0 Å². The molecule has 0 amide bonds. The summed E-state index contributed by atoms with van der Waals surface area (Å²) in [6, 6.07) is 20.1. The second-order valence-corrected chi connectivity index (χ2v) is 7.15. The van der Waals surface area contributed by atoms with Crippen LogP contribution in [0.2, 0.25) is 0 Å². The summed E-state index contributed by atoms with van der Waals surface area (Å²) in [6.45, 7) is 0.341. The summed E-state index contributed by atoms with van der Waals surface area (Å²) in [5.74, 6) is 1.54. The molecule has 162 valence electrons. The van der Waals surface area contributed by atoms with E-state index in [1.165, 1.54) is 7.11 Å². The molecule has 0 saturated carbocycles. The number of pyridine rings is 1. The van der Waals surface area contributed by atoms with Gasteiger partial charge in [0.1, 0.15) is 24.0 Å². The topological polar surface area (TPSA) is 126 Å². The Labute approximate surface area is 184 Å². The van der Waals surface area contributed by atoms with Crippen molar-refractivity contribution in [2.45, 2.75) is 13.0 Å².